The van der Waals surface area contributed by atoms with Crippen LogP contribution in [0.1, 0.15) is 27.0 Å². The maximum Gasteiger partial charge on any atom is 0.340 e. The van der Waals surface area contributed by atoms with Crippen molar-refractivity contribution in [1.82, 2.24) is 0 Å². The van der Waals surface area contributed by atoms with Crippen LogP contribution in [0.3, 0.4) is 0 Å². The molecule has 2 aromatic carbocycles. The zero-order chi connectivity index (χ0) is 15.6. The summed E-state index contributed by atoms with van der Waals surface area (Å²) in [6.07, 6.45) is 0. The fourth-order valence-electron chi connectivity index (χ4n) is 2.05. The van der Waals surface area contributed by atoms with Gasteiger partial charge in [-0.2, -0.15) is 0 Å². The summed E-state index contributed by atoms with van der Waals surface area (Å²) >= 11 is 11.9. The quantitative estimate of drug-likeness (QED) is 0.666. The number of rotatable bonds is 3. The molecule has 0 atom stereocenters. The largest absolute Gasteiger partial charge is 0.457 e. The van der Waals surface area contributed by atoms with Gasteiger partial charge in [-0.25, -0.2) is 4.79 Å². The SMILES string of the molecule is Cc1cccc(C)c1COC(=O)c1cc(N)cc(Cl)c1Cl. The van der Waals surface area contributed by atoms with Crippen molar-refractivity contribution in [3.63, 3.8) is 0 Å². The molecule has 0 aliphatic carbocycles. The third-order valence-electron chi connectivity index (χ3n) is 3.26. The summed E-state index contributed by atoms with van der Waals surface area (Å²) in [5, 5.41) is 0.382. The standard InChI is InChI=1S/C16H15Cl2NO2/c1-9-4-3-5-10(2)13(9)8-21-16(20)12-6-11(19)7-14(17)15(12)18/h3-7H,8,19H2,1-2H3. The number of anilines is 1. The molecule has 0 bridgehead atoms. The second kappa shape index (κ2) is 6.37. The molecule has 3 nitrogen and oxygen atoms in total. The van der Waals surface area contributed by atoms with Crippen molar-refractivity contribution in [3.05, 3.63) is 62.6 Å². The lowest BCUT2D eigenvalue weighted by Gasteiger charge is -2.12. The van der Waals surface area contributed by atoms with Gasteiger partial charge in [-0.15, -0.1) is 0 Å². The molecular weight excluding hydrogens is 309 g/mol. The molecule has 0 saturated heterocycles. The van der Waals surface area contributed by atoms with Crippen LogP contribution >= 0.6 is 23.2 Å². The molecule has 0 amide bonds. The molecule has 21 heavy (non-hydrogen) atoms. The molecule has 0 spiro atoms. The van der Waals surface area contributed by atoms with Crippen molar-refractivity contribution in [2.75, 3.05) is 5.73 Å². The number of hydrogen-bond donors (Lipinski definition) is 1. The van der Waals surface area contributed by atoms with Crippen LogP contribution in [0, 0.1) is 13.8 Å². The molecule has 2 N–H and O–H groups in total. The molecular formula is C16H15Cl2NO2. The van der Waals surface area contributed by atoms with Gasteiger partial charge in [-0.1, -0.05) is 41.4 Å². The number of carbonyl (C=O) groups excluding carboxylic acids is 1. The van der Waals surface area contributed by atoms with Gasteiger partial charge < -0.3 is 10.5 Å². The van der Waals surface area contributed by atoms with Crippen molar-refractivity contribution >= 4 is 34.9 Å². The van der Waals surface area contributed by atoms with E-state index in [0.29, 0.717) is 5.69 Å². The van der Waals surface area contributed by atoms with Gasteiger partial charge in [0.15, 0.2) is 0 Å². The smallest absolute Gasteiger partial charge is 0.340 e. The van der Waals surface area contributed by atoms with E-state index >= 15 is 0 Å². The van der Waals surface area contributed by atoms with Crippen molar-refractivity contribution in [1.29, 1.82) is 0 Å². The summed E-state index contributed by atoms with van der Waals surface area (Å²) in [5.41, 5.74) is 9.33. The average molecular weight is 324 g/mol. The van der Waals surface area contributed by atoms with Gasteiger partial charge in [-0.3, -0.25) is 0 Å². The predicted molar refractivity (Wildman–Crippen MR) is 85.9 cm³/mol. The summed E-state index contributed by atoms with van der Waals surface area (Å²) in [6.45, 7) is 4.13. The monoisotopic (exact) mass is 323 g/mol. The molecule has 110 valence electrons. The first-order valence-corrected chi connectivity index (χ1v) is 7.12. The molecule has 0 aliphatic rings. The van der Waals surface area contributed by atoms with Crippen LogP contribution in [0.5, 0.6) is 0 Å². The van der Waals surface area contributed by atoms with E-state index in [1.807, 2.05) is 32.0 Å². The Labute approximate surface area is 133 Å². The predicted octanol–water partition coefficient (Wildman–Crippen LogP) is 4.55. The van der Waals surface area contributed by atoms with E-state index in [0.717, 1.165) is 16.7 Å². The lowest BCUT2D eigenvalue weighted by molar-refractivity contribution is 0.0472. The molecule has 0 aliphatic heterocycles. The van der Waals surface area contributed by atoms with E-state index < -0.39 is 5.97 Å². The number of halogens is 2. The van der Waals surface area contributed by atoms with E-state index in [4.69, 9.17) is 33.7 Å². The minimum atomic E-state index is -0.545. The number of benzene rings is 2. The van der Waals surface area contributed by atoms with Crippen LogP contribution in [0.25, 0.3) is 0 Å². The van der Waals surface area contributed by atoms with Crippen molar-refractivity contribution in [3.8, 4) is 0 Å². The molecule has 0 saturated carbocycles. The summed E-state index contributed by atoms with van der Waals surface area (Å²) < 4.78 is 5.33. The molecule has 2 aromatic rings. The first-order valence-electron chi connectivity index (χ1n) is 6.37. The van der Waals surface area contributed by atoms with Crippen molar-refractivity contribution < 1.29 is 9.53 Å². The molecule has 0 radical (unpaired) electrons. The topological polar surface area (TPSA) is 52.3 Å². The maximum absolute atomic E-state index is 12.1. The molecule has 5 heteroatoms. The Bertz CT molecular complexity index is 679. The first kappa shape index (κ1) is 15.7. The normalized spacial score (nSPS) is 10.5. The highest BCUT2D eigenvalue weighted by Crippen LogP contribution is 2.29. The Balaban J connectivity index is 2.20. The summed E-state index contributed by atoms with van der Waals surface area (Å²) in [5.74, 6) is -0.545. The molecule has 0 unspecified atom stereocenters. The summed E-state index contributed by atoms with van der Waals surface area (Å²) in [4.78, 5) is 12.1. The lowest BCUT2D eigenvalue weighted by atomic mass is 10.0. The van der Waals surface area contributed by atoms with Crippen molar-refractivity contribution in [2.45, 2.75) is 20.5 Å². The van der Waals surface area contributed by atoms with Crippen LogP contribution in [-0.4, -0.2) is 5.97 Å². The van der Waals surface area contributed by atoms with Crippen LogP contribution in [0.15, 0.2) is 30.3 Å². The van der Waals surface area contributed by atoms with Crippen LogP contribution in [0.2, 0.25) is 10.0 Å². The first-order chi connectivity index (χ1) is 9.90. The zero-order valence-electron chi connectivity index (χ0n) is 11.7. The number of hydrogen-bond acceptors (Lipinski definition) is 3. The van der Waals surface area contributed by atoms with Gasteiger partial charge in [0, 0.05) is 5.69 Å². The van der Waals surface area contributed by atoms with Gasteiger partial charge in [0.1, 0.15) is 6.61 Å². The Morgan fingerprint density at radius 1 is 1.19 bits per heavy atom. The number of esters is 1. The molecule has 2 rings (SSSR count). The fraction of sp³-hybridized carbons (Fsp3) is 0.188. The van der Waals surface area contributed by atoms with Crippen molar-refractivity contribution in [2.24, 2.45) is 0 Å². The van der Waals surface area contributed by atoms with Gasteiger partial charge in [0.25, 0.3) is 0 Å². The summed E-state index contributed by atoms with van der Waals surface area (Å²) in [6, 6.07) is 8.86. The molecule has 0 heterocycles. The van der Waals surface area contributed by atoms with E-state index in [-0.39, 0.29) is 22.2 Å². The van der Waals surface area contributed by atoms with E-state index in [9.17, 15) is 4.79 Å². The number of nitrogens with two attached hydrogens (primary N) is 1. The van der Waals surface area contributed by atoms with E-state index in [2.05, 4.69) is 0 Å². The third kappa shape index (κ3) is 3.49. The van der Waals surface area contributed by atoms with E-state index in [1.54, 1.807) is 0 Å². The van der Waals surface area contributed by atoms with E-state index in [1.165, 1.54) is 12.1 Å². The maximum atomic E-state index is 12.1. The van der Waals surface area contributed by atoms with Gasteiger partial charge in [0.2, 0.25) is 0 Å². The highest BCUT2D eigenvalue weighted by molar-refractivity contribution is 6.44. The van der Waals surface area contributed by atoms with Crippen LogP contribution in [0.4, 0.5) is 5.69 Å². The molecule has 0 fully saturated rings. The second-order valence-corrected chi connectivity index (χ2v) is 5.60. The highest BCUT2D eigenvalue weighted by atomic mass is 35.5. The number of carbonyl (C=O) groups is 1. The number of aryl methyl sites for hydroxylation is 2. The fourth-order valence-corrected chi connectivity index (χ4v) is 2.46. The van der Waals surface area contributed by atoms with Gasteiger partial charge in [0.05, 0.1) is 15.6 Å². The molecule has 0 aromatic heterocycles. The van der Waals surface area contributed by atoms with Crippen LogP contribution < -0.4 is 5.73 Å². The lowest BCUT2D eigenvalue weighted by Crippen LogP contribution is -2.08. The number of ether oxygens (including phenoxy) is 1. The Kier molecular flexibility index (Phi) is 4.76. The Hall–Kier alpha value is -1.71. The highest BCUT2D eigenvalue weighted by Gasteiger charge is 2.16. The Morgan fingerprint density at radius 3 is 2.43 bits per heavy atom. The summed E-state index contributed by atoms with van der Waals surface area (Å²) in [7, 11) is 0. The zero-order valence-corrected chi connectivity index (χ0v) is 13.3. The van der Waals surface area contributed by atoms with Gasteiger partial charge in [-0.05, 0) is 42.7 Å². The average Bonchev–Trinajstić information content (AvgIpc) is 2.42. The number of nitrogen functional groups attached to an aromatic ring is 1. The minimum absolute atomic E-state index is 0.150. The van der Waals surface area contributed by atoms with Crippen LogP contribution in [-0.2, 0) is 11.3 Å². The second-order valence-electron chi connectivity index (χ2n) is 4.81. The minimum Gasteiger partial charge on any atom is -0.457 e. The third-order valence-corrected chi connectivity index (χ3v) is 4.06. The van der Waals surface area contributed by atoms with Gasteiger partial charge >= 0.3 is 5.97 Å². The Morgan fingerprint density at radius 2 is 1.81 bits per heavy atom.